The summed E-state index contributed by atoms with van der Waals surface area (Å²) in [7, 11) is -2.74. The molecular formula is C42H46F3N2O16P. The molecule has 346 valence electrons. The van der Waals surface area contributed by atoms with Gasteiger partial charge in [-0.2, -0.15) is 13.2 Å². The standard InChI is InChI=1S/C42H46F3N2O16P/c1-26(48)55-25-34(60-28(3)50)37(61-29(4)51)38-36(47-35(52)21-46-39(53)42(43,44)45)33(59-27(2)49)20-41(62-38,40(54)56-22-30-14-8-5-9-15-30)63-64(57-23-31-16-10-6-11-17-31)58-24-32-18-12-7-13-19-32/h5-19,33-34,36-38H,20-25H2,1-4H3,(H,46,53)(H,47,52)/t33?,34-,36?,37-,38?,41?/m1/s1. The quantitative estimate of drug-likeness (QED) is 0.0857. The summed E-state index contributed by atoms with van der Waals surface area (Å²) < 4.78 is 91.9. The van der Waals surface area contributed by atoms with E-state index >= 15 is 0 Å². The minimum Gasteiger partial charge on any atom is -0.462 e. The molecule has 4 unspecified atom stereocenters. The van der Waals surface area contributed by atoms with Crippen molar-refractivity contribution in [2.45, 2.75) is 96.4 Å². The van der Waals surface area contributed by atoms with Crippen molar-refractivity contribution in [2.24, 2.45) is 0 Å². The number of alkyl halides is 3. The van der Waals surface area contributed by atoms with Crippen molar-refractivity contribution in [1.29, 1.82) is 0 Å². The zero-order chi connectivity index (χ0) is 46.9. The SMILES string of the molecule is CC(=O)OC[C@@H](OC(C)=O)[C@@H](OC(C)=O)C1OC(OP(OCc2ccccc2)OCc2ccccc2)(C(=O)OCc2ccccc2)CC(OC(C)=O)C1NC(=O)CNC(=O)C(F)(F)F. The van der Waals surface area contributed by atoms with Crippen LogP contribution in [0, 0.1) is 0 Å². The Bertz CT molecular complexity index is 2010. The van der Waals surface area contributed by atoms with Crippen LogP contribution < -0.4 is 10.6 Å². The lowest BCUT2D eigenvalue weighted by molar-refractivity contribution is -0.293. The fraction of sp³-hybridized carbons (Fsp3) is 0.405. The Morgan fingerprint density at radius 3 is 1.70 bits per heavy atom. The van der Waals surface area contributed by atoms with Crippen LogP contribution in [0.1, 0.15) is 50.8 Å². The van der Waals surface area contributed by atoms with Gasteiger partial charge in [-0.05, 0) is 16.7 Å². The topological polar surface area (TPSA) is 227 Å². The Morgan fingerprint density at radius 1 is 0.719 bits per heavy atom. The van der Waals surface area contributed by atoms with E-state index in [1.54, 1.807) is 91.0 Å². The molecule has 2 N–H and O–H groups in total. The number of carbonyl (C=O) groups is 7. The summed E-state index contributed by atoms with van der Waals surface area (Å²) in [4.78, 5) is 90.0. The third-order valence-electron chi connectivity index (χ3n) is 8.73. The second kappa shape index (κ2) is 24.2. The third kappa shape index (κ3) is 16.3. The van der Waals surface area contributed by atoms with Crippen LogP contribution in [-0.2, 0) is 95.4 Å². The van der Waals surface area contributed by atoms with Gasteiger partial charge in [-0.25, -0.2) is 4.79 Å². The monoisotopic (exact) mass is 922 g/mol. The molecule has 4 rings (SSSR count). The summed E-state index contributed by atoms with van der Waals surface area (Å²) >= 11 is 0. The lowest BCUT2D eigenvalue weighted by Gasteiger charge is -2.48. The Morgan fingerprint density at radius 2 is 1.23 bits per heavy atom. The van der Waals surface area contributed by atoms with Crippen LogP contribution in [0.25, 0.3) is 0 Å². The van der Waals surface area contributed by atoms with E-state index in [1.165, 1.54) is 5.32 Å². The van der Waals surface area contributed by atoms with Gasteiger partial charge < -0.3 is 48.1 Å². The molecule has 1 aliphatic heterocycles. The average molecular weight is 923 g/mol. The summed E-state index contributed by atoms with van der Waals surface area (Å²) in [6.07, 6.45) is -14.0. The van der Waals surface area contributed by atoms with Crippen LogP contribution in [0.4, 0.5) is 13.2 Å². The van der Waals surface area contributed by atoms with E-state index in [1.807, 2.05) is 0 Å². The molecule has 2 amide bonds. The number of ether oxygens (including phenoxy) is 6. The highest BCUT2D eigenvalue weighted by Gasteiger charge is 2.61. The van der Waals surface area contributed by atoms with Crippen molar-refractivity contribution in [3.8, 4) is 0 Å². The van der Waals surface area contributed by atoms with Crippen molar-refractivity contribution in [1.82, 2.24) is 10.6 Å². The van der Waals surface area contributed by atoms with Gasteiger partial charge in [0.05, 0.1) is 32.2 Å². The molecule has 0 aromatic heterocycles. The van der Waals surface area contributed by atoms with Gasteiger partial charge in [0, 0.05) is 27.7 Å². The summed E-state index contributed by atoms with van der Waals surface area (Å²) in [5, 5.41) is 3.72. The van der Waals surface area contributed by atoms with Gasteiger partial charge >= 0.3 is 50.5 Å². The Labute approximate surface area is 366 Å². The first-order valence-corrected chi connectivity index (χ1v) is 20.5. The summed E-state index contributed by atoms with van der Waals surface area (Å²) in [5.74, 6) is -12.0. The molecule has 1 saturated heterocycles. The van der Waals surface area contributed by atoms with Crippen LogP contribution in [0.15, 0.2) is 91.0 Å². The minimum absolute atomic E-state index is 0.164. The van der Waals surface area contributed by atoms with Crippen LogP contribution in [0.5, 0.6) is 0 Å². The smallest absolute Gasteiger partial charge is 0.462 e. The van der Waals surface area contributed by atoms with Crippen molar-refractivity contribution in [3.63, 3.8) is 0 Å². The summed E-state index contributed by atoms with van der Waals surface area (Å²) in [6.45, 7) is 0.952. The van der Waals surface area contributed by atoms with Crippen LogP contribution >= 0.6 is 8.60 Å². The number of nitrogens with one attached hydrogen (secondary N) is 2. The maximum Gasteiger partial charge on any atom is 0.471 e. The number of hydrogen-bond donors (Lipinski definition) is 2. The number of benzene rings is 3. The number of rotatable bonds is 21. The van der Waals surface area contributed by atoms with E-state index in [0.717, 1.165) is 27.7 Å². The van der Waals surface area contributed by atoms with E-state index in [0.29, 0.717) is 16.7 Å². The van der Waals surface area contributed by atoms with Gasteiger partial charge in [0.1, 0.15) is 25.4 Å². The third-order valence-corrected chi connectivity index (χ3v) is 9.85. The second-order valence-electron chi connectivity index (χ2n) is 13.9. The molecule has 6 atom stereocenters. The fourth-order valence-electron chi connectivity index (χ4n) is 6.05. The largest absolute Gasteiger partial charge is 0.471 e. The maximum absolute atomic E-state index is 14.7. The highest BCUT2D eigenvalue weighted by atomic mass is 31.2. The van der Waals surface area contributed by atoms with E-state index < -0.39 is 119 Å². The van der Waals surface area contributed by atoms with Gasteiger partial charge in [-0.15, -0.1) is 0 Å². The molecule has 1 heterocycles. The average Bonchev–Trinajstić information content (AvgIpc) is 3.24. The first kappa shape index (κ1) is 50.7. The van der Waals surface area contributed by atoms with Crippen LogP contribution in [0.2, 0.25) is 0 Å². The number of halogens is 3. The van der Waals surface area contributed by atoms with Gasteiger partial charge in [-0.3, -0.25) is 33.3 Å². The number of amides is 2. The molecule has 1 fully saturated rings. The highest BCUT2D eigenvalue weighted by molar-refractivity contribution is 7.41. The minimum atomic E-state index is -5.38. The van der Waals surface area contributed by atoms with Gasteiger partial charge in [0.2, 0.25) is 5.91 Å². The van der Waals surface area contributed by atoms with E-state index in [-0.39, 0.29) is 13.2 Å². The first-order valence-electron chi connectivity index (χ1n) is 19.4. The Hall–Kier alpha value is -5.99. The Kier molecular flexibility index (Phi) is 19.1. The Balaban J connectivity index is 1.91. The van der Waals surface area contributed by atoms with Crippen molar-refractivity contribution in [3.05, 3.63) is 108 Å². The number of hydrogen-bond acceptors (Lipinski definition) is 16. The van der Waals surface area contributed by atoms with E-state index in [9.17, 15) is 46.7 Å². The normalized spacial score (nSPS) is 19.3. The molecule has 0 radical (unpaired) electrons. The molecule has 64 heavy (non-hydrogen) atoms. The van der Waals surface area contributed by atoms with Crippen LogP contribution in [0.3, 0.4) is 0 Å². The number of esters is 5. The summed E-state index contributed by atoms with van der Waals surface area (Å²) in [5.41, 5.74) is 1.75. The molecule has 22 heteroatoms. The molecular weight excluding hydrogens is 876 g/mol. The van der Waals surface area contributed by atoms with Crippen molar-refractivity contribution >= 4 is 50.3 Å². The van der Waals surface area contributed by atoms with Gasteiger partial charge in [-0.1, -0.05) is 91.0 Å². The van der Waals surface area contributed by atoms with E-state index in [4.69, 9.17) is 42.0 Å². The summed E-state index contributed by atoms with van der Waals surface area (Å²) in [6, 6.07) is 23.8. The maximum atomic E-state index is 14.7. The molecule has 0 aliphatic carbocycles. The lowest BCUT2D eigenvalue weighted by Crippen LogP contribution is -2.69. The molecule has 3 aromatic rings. The second-order valence-corrected chi connectivity index (χ2v) is 15.0. The molecule has 0 saturated carbocycles. The number of carbonyl (C=O) groups excluding carboxylic acids is 7. The predicted octanol–water partition coefficient (Wildman–Crippen LogP) is 4.41. The zero-order valence-electron chi connectivity index (χ0n) is 34.9. The molecule has 0 spiro atoms. The van der Waals surface area contributed by atoms with Crippen LogP contribution in [-0.4, -0.2) is 97.2 Å². The zero-order valence-corrected chi connectivity index (χ0v) is 35.8. The molecule has 0 bridgehead atoms. The van der Waals surface area contributed by atoms with Gasteiger partial charge in [0.25, 0.3) is 5.79 Å². The fourth-order valence-corrected chi connectivity index (χ4v) is 7.17. The molecule has 18 nitrogen and oxygen atoms in total. The molecule has 1 aliphatic rings. The van der Waals surface area contributed by atoms with E-state index in [2.05, 4.69) is 5.32 Å². The lowest BCUT2D eigenvalue weighted by atomic mass is 9.88. The predicted molar refractivity (Wildman–Crippen MR) is 213 cm³/mol. The van der Waals surface area contributed by atoms with Crippen molar-refractivity contribution in [2.75, 3.05) is 13.2 Å². The highest BCUT2D eigenvalue weighted by Crippen LogP contribution is 2.50. The first-order chi connectivity index (χ1) is 30.3. The van der Waals surface area contributed by atoms with Gasteiger partial charge in [0.15, 0.2) is 12.2 Å². The molecule has 3 aromatic carbocycles. The van der Waals surface area contributed by atoms with Crippen molar-refractivity contribution < 1.29 is 88.7 Å².